The number of esters is 1. The fourth-order valence-electron chi connectivity index (χ4n) is 2.02. The molecule has 0 radical (unpaired) electrons. The predicted molar refractivity (Wildman–Crippen MR) is 106 cm³/mol. The molecule has 0 atom stereocenters. The summed E-state index contributed by atoms with van der Waals surface area (Å²) in [6.45, 7) is -0.903. The van der Waals surface area contributed by atoms with Crippen LogP contribution >= 0.6 is 46.1 Å². The van der Waals surface area contributed by atoms with Crippen molar-refractivity contribution in [3.63, 3.8) is 0 Å². The van der Waals surface area contributed by atoms with Crippen LogP contribution in [-0.2, 0) is 14.3 Å². The molecular weight excluding hydrogens is 435 g/mol. The topological polar surface area (TPSA) is 77.5 Å². The van der Waals surface area contributed by atoms with E-state index >= 15 is 0 Å². The summed E-state index contributed by atoms with van der Waals surface area (Å²) in [5.41, 5.74) is 0.779. The quantitative estimate of drug-likeness (QED) is 0.435. The minimum atomic E-state index is -0.739. The van der Waals surface area contributed by atoms with Crippen LogP contribution in [0.1, 0.15) is 0 Å². The third kappa shape index (κ3) is 5.23. The number of hydrogen-bond acceptors (Lipinski definition) is 6. The number of amides is 1. The average molecular weight is 446 g/mol. The molecule has 0 bridgehead atoms. The smallest absolute Gasteiger partial charge is 0.344 e. The number of para-hydroxylation sites is 1. The van der Waals surface area contributed by atoms with E-state index in [1.165, 1.54) is 23.5 Å². The van der Waals surface area contributed by atoms with Gasteiger partial charge in [-0.05, 0) is 18.2 Å². The highest BCUT2D eigenvalue weighted by atomic mass is 35.5. The number of rotatable bonds is 6. The number of ether oxygens (including phenoxy) is 2. The molecule has 1 heterocycles. The van der Waals surface area contributed by atoms with Gasteiger partial charge >= 0.3 is 5.97 Å². The number of aromatic nitrogens is 1. The Morgan fingerprint density at radius 2 is 1.78 bits per heavy atom. The molecule has 3 rings (SSSR count). The van der Waals surface area contributed by atoms with Gasteiger partial charge in [-0.15, -0.1) is 0 Å². The van der Waals surface area contributed by atoms with Crippen LogP contribution in [0.5, 0.6) is 5.75 Å². The molecule has 0 saturated carbocycles. The summed E-state index contributed by atoms with van der Waals surface area (Å²) in [7, 11) is 0. The minimum Gasteiger partial charge on any atom is -0.480 e. The van der Waals surface area contributed by atoms with Gasteiger partial charge in [0.15, 0.2) is 18.3 Å². The van der Waals surface area contributed by atoms with Crippen molar-refractivity contribution in [2.45, 2.75) is 0 Å². The zero-order valence-corrected chi connectivity index (χ0v) is 16.6. The Morgan fingerprint density at radius 3 is 2.56 bits per heavy atom. The first-order chi connectivity index (χ1) is 12.9. The first-order valence-electron chi connectivity index (χ1n) is 7.51. The molecule has 0 aliphatic heterocycles. The average Bonchev–Trinajstić information content (AvgIpc) is 3.04. The van der Waals surface area contributed by atoms with Crippen molar-refractivity contribution in [2.24, 2.45) is 0 Å². The zero-order valence-electron chi connectivity index (χ0n) is 13.5. The van der Waals surface area contributed by atoms with E-state index in [2.05, 4.69) is 10.3 Å². The van der Waals surface area contributed by atoms with Crippen LogP contribution in [0.3, 0.4) is 0 Å². The molecule has 1 aromatic heterocycles. The second-order valence-electron chi connectivity index (χ2n) is 5.18. The summed E-state index contributed by atoms with van der Waals surface area (Å²) in [5, 5.41) is 3.71. The van der Waals surface area contributed by atoms with Crippen molar-refractivity contribution in [3.8, 4) is 5.75 Å². The van der Waals surface area contributed by atoms with Gasteiger partial charge in [0.2, 0.25) is 0 Å². The van der Waals surface area contributed by atoms with E-state index in [0.717, 1.165) is 10.2 Å². The summed E-state index contributed by atoms with van der Waals surface area (Å²) in [5.74, 6) is -1.06. The standard InChI is InChI=1S/C17H11Cl3N2O4S/c18-9-5-11(20)13(6-10(9)19)25-8-16(24)26-7-15(23)22-17-21-12-3-1-2-4-14(12)27-17/h1-6H,7-8H2,(H,21,22,23). The van der Waals surface area contributed by atoms with Gasteiger partial charge < -0.3 is 9.47 Å². The Kier molecular flexibility index (Phi) is 6.38. The van der Waals surface area contributed by atoms with E-state index in [0.29, 0.717) is 5.13 Å². The maximum Gasteiger partial charge on any atom is 0.344 e. The van der Waals surface area contributed by atoms with Crippen LogP contribution in [0, 0.1) is 0 Å². The Bertz CT molecular complexity index is 976. The molecule has 2 aromatic carbocycles. The molecule has 27 heavy (non-hydrogen) atoms. The Hall–Kier alpha value is -2.06. The van der Waals surface area contributed by atoms with Gasteiger partial charge in [-0.3, -0.25) is 10.1 Å². The van der Waals surface area contributed by atoms with Crippen LogP contribution < -0.4 is 10.1 Å². The lowest BCUT2D eigenvalue weighted by molar-refractivity contribution is -0.149. The molecule has 140 valence electrons. The van der Waals surface area contributed by atoms with E-state index in [9.17, 15) is 9.59 Å². The molecule has 0 aliphatic carbocycles. The number of carbonyl (C=O) groups is 2. The summed E-state index contributed by atoms with van der Waals surface area (Å²) < 4.78 is 11.0. The number of thiazole rings is 1. The minimum absolute atomic E-state index is 0.182. The van der Waals surface area contributed by atoms with Crippen molar-refractivity contribution in [3.05, 3.63) is 51.5 Å². The monoisotopic (exact) mass is 444 g/mol. The molecule has 0 unspecified atom stereocenters. The number of hydrogen-bond donors (Lipinski definition) is 1. The summed E-state index contributed by atoms with van der Waals surface area (Å²) >= 11 is 19.0. The molecule has 1 amide bonds. The third-order valence-electron chi connectivity index (χ3n) is 3.22. The first-order valence-corrected chi connectivity index (χ1v) is 9.46. The third-order valence-corrected chi connectivity index (χ3v) is 5.19. The van der Waals surface area contributed by atoms with Gasteiger partial charge in [0.05, 0.1) is 25.3 Å². The van der Waals surface area contributed by atoms with Crippen LogP contribution in [0.15, 0.2) is 36.4 Å². The fourth-order valence-corrected chi connectivity index (χ4v) is 3.49. The summed E-state index contributed by atoms with van der Waals surface area (Å²) in [6.07, 6.45) is 0. The van der Waals surface area contributed by atoms with Crippen LogP contribution in [0.25, 0.3) is 10.2 Å². The molecule has 0 fully saturated rings. The normalized spacial score (nSPS) is 10.6. The van der Waals surface area contributed by atoms with Crippen molar-refractivity contribution in [1.82, 2.24) is 4.98 Å². The lowest BCUT2D eigenvalue weighted by Gasteiger charge is -2.09. The van der Waals surface area contributed by atoms with Crippen LogP contribution in [0.4, 0.5) is 5.13 Å². The number of nitrogens with one attached hydrogen (secondary N) is 1. The highest BCUT2D eigenvalue weighted by molar-refractivity contribution is 7.22. The number of nitrogens with zero attached hydrogens (tertiary/aromatic N) is 1. The molecular formula is C17H11Cl3N2O4S. The summed E-state index contributed by atoms with van der Waals surface area (Å²) in [4.78, 5) is 27.9. The molecule has 0 aliphatic rings. The van der Waals surface area contributed by atoms with Gasteiger partial charge in [0.1, 0.15) is 5.75 Å². The predicted octanol–water partition coefficient (Wildman–Crippen LogP) is 4.82. The van der Waals surface area contributed by atoms with E-state index in [4.69, 9.17) is 44.3 Å². The Balaban J connectivity index is 1.47. The second kappa shape index (κ2) is 8.75. The highest BCUT2D eigenvalue weighted by Crippen LogP contribution is 2.33. The lowest BCUT2D eigenvalue weighted by Crippen LogP contribution is -2.23. The van der Waals surface area contributed by atoms with E-state index in [-0.39, 0.29) is 20.8 Å². The number of benzene rings is 2. The van der Waals surface area contributed by atoms with Crippen molar-refractivity contribution < 1.29 is 19.1 Å². The zero-order chi connectivity index (χ0) is 19.4. The maximum absolute atomic E-state index is 11.9. The number of carbonyl (C=O) groups excluding carboxylic acids is 2. The van der Waals surface area contributed by atoms with Crippen molar-refractivity contribution in [1.29, 1.82) is 0 Å². The molecule has 6 nitrogen and oxygen atoms in total. The van der Waals surface area contributed by atoms with E-state index < -0.39 is 25.1 Å². The summed E-state index contributed by atoms with van der Waals surface area (Å²) in [6, 6.07) is 10.3. The SMILES string of the molecule is O=C(COC(=O)COc1cc(Cl)c(Cl)cc1Cl)Nc1nc2ccccc2s1. The van der Waals surface area contributed by atoms with Gasteiger partial charge in [0, 0.05) is 6.07 Å². The molecule has 1 N–H and O–H groups in total. The van der Waals surface area contributed by atoms with Gasteiger partial charge in [-0.2, -0.15) is 0 Å². The number of halogens is 3. The number of anilines is 1. The lowest BCUT2D eigenvalue weighted by atomic mass is 10.3. The van der Waals surface area contributed by atoms with Gasteiger partial charge in [0.25, 0.3) is 5.91 Å². The molecule has 0 spiro atoms. The maximum atomic E-state index is 11.9. The van der Waals surface area contributed by atoms with Crippen LogP contribution in [0.2, 0.25) is 15.1 Å². The van der Waals surface area contributed by atoms with Crippen LogP contribution in [-0.4, -0.2) is 30.1 Å². The van der Waals surface area contributed by atoms with Crippen molar-refractivity contribution in [2.75, 3.05) is 18.5 Å². The molecule has 3 aromatic rings. The highest BCUT2D eigenvalue weighted by Gasteiger charge is 2.13. The molecule has 10 heteroatoms. The van der Waals surface area contributed by atoms with E-state index in [1.807, 2.05) is 24.3 Å². The Labute approximate surface area is 172 Å². The first kappa shape index (κ1) is 19.7. The molecule has 0 saturated heterocycles. The van der Waals surface area contributed by atoms with Crippen molar-refractivity contribution >= 4 is 73.4 Å². The largest absolute Gasteiger partial charge is 0.480 e. The van der Waals surface area contributed by atoms with Gasteiger partial charge in [-0.25, -0.2) is 9.78 Å². The van der Waals surface area contributed by atoms with E-state index in [1.54, 1.807) is 0 Å². The van der Waals surface area contributed by atoms with Gasteiger partial charge in [-0.1, -0.05) is 58.3 Å². The second-order valence-corrected chi connectivity index (χ2v) is 7.43. The fraction of sp³-hybridized carbons (Fsp3) is 0.118. The Morgan fingerprint density at radius 1 is 1.04 bits per heavy atom. The number of fused-ring (bicyclic) bond motifs is 1.